The average molecular weight is 232 g/mol. The summed E-state index contributed by atoms with van der Waals surface area (Å²) in [4.78, 5) is 11.4. The lowest BCUT2D eigenvalue weighted by Gasteiger charge is -2.07. The van der Waals surface area contributed by atoms with Gasteiger partial charge in [-0.15, -0.1) is 0 Å². The van der Waals surface area contributed by atoms with Crippen LogP contribution in [0.2, 0.25) is 0 Å². The van der Waals surface area contributed by atoms with E-state index in [4.69, 9.17) is 4.74 Å². The maximum atomic E-state index is 13.7. The highest BCUT2D eigenvalue weighted by atomic mass is 19.1. The number of carbonyl (C=O) groups is 1. The highest BCUT2D eigenvalue weighted by molar-refractivity contribution is 5.89. The summed E-state index contributed by atoms with van der Waals surface area (Å²) < 4.78 is 18.6. The second-order valence-electron chi connectivity index (χ2n) is 3.73. The molecule has 0 atom stereocenters. The van der Waals surface area contributed by atoms with Gasteiger partial charge in [0.1, 0.15) is 5.82 Å². The Morgan fingerprint density at radius 1 is 1.24 bits per heavy atom. The molecule has 0 aromatic heterocycles. The molecular weight excluding hydrogens is 219 g/mol. The first-order valence-corrected chi connectivity index (χ1v) is 5.54. The van der Waals surface area contributed by atoms with Gasteiger partial charge in [0, 0.05) is 5.56 Å². The molecule has 2 nitrogen and oxygen atoms in total. The predicted octanol–water partition coefficient (Wildman–Crippen LogP) is 3.08. The molecule has 3 heteroatoms. The summed E-state index contributed by atoms with van der Waals surface area (Å²) in [6.07, 6.45) is -0.0268. The van der Waals surface area contributed by atoms with Crippen molar-refractivity contribution in [2.75, 3.05) is 6.61 Å². The number of hydrogen-bond acceptors (Lipinski definition) is 2. The molecule has 0 saturated carbocycles. The Hall–Kier alpha value is -1.90. The average Bonchev–Trinajstić information content (AvgIpc) is 2.33. The van der Waals surface area contributed by atoms with Crippen molar-refractivity contribution in [1.82, 2.24) is 0 Å². The Morgan fingerprint density at radius 3 is 2.76 bits per heavy atom. The predicted molar refractivity (Wildman–Crippen MR) is 64.2 cm³/mol. The van der Waals surface area contributed by atoms with Crippen molar-refractivity contribution in [1.29, 1.82) is 0 Å². The molecule has 2 aromatic rings. The van der Waals surface area contributed by atoms with Crippen molar-refractivity contribution in [3.05, 3.63) is 47.8 Å². The fourth-order valence-electron chi connectivity index (χ4n) is 1.85. The molecule has 0 saturated heterocycles. The number of ether oxygens (including phenoxy) is 1. The summed E-state index contributed by atoms with van der Waals surface area (Å²) >= 11 is 0. The molecule has 0 unspecified atom stereocenters. The van der Waals surface area contributed by atoms with E-state index in [1.807, 2.05) is 24.3 Å². The third-order valence-electron chi connectivity index (χ3n) is 2.61. The molecule has 0 N–H and O–H groups in total. The number of hydrogen-bond donors (Lipinski definition) is 0. The van der Waals surface area contributed by atoms with Crippen LogP contribution in [0, 0.1) is 5.82 Å². The molecule has 0 aliphatic rings. The maximum absolute atomic E-state index is 13.7. The molecule has 2 aromatic carbocycles. The molecule has 88 valence electrons. The van der Waals surface area contributed by atoms with E-state index in [0.29, 0.717) is 12.2 Å². The van der Waals surface area contributed by atoms with E-state index in [1.54, 1.807) is 13.0 Å². The van der Waals surface area contributed by atoms with Crippen molar-refractivity contribution >= 4 is 16.7 Å². The third kappa shape index (κ3) is 2.44. The lowest BCUT2D eigenvalue weighted by Crippen LogP contribution is -2.09. The van der Waals surface area contributed by atoms with E-state index in [2.05, 4.69) is 0 Å². The zero-order valence-electron chi connectivity index (χ0n) is 9.57. The van der Waals surface area contributed by atoms with Gasteiger partial charge in [-0.25, -0.2) is 4.39 Å². The highest BCUT2D eigenvalue weighted by Crippen LogP contribution is 2.22. The van der Waals surface area contributed by atoms with Gasteiger partial charge < -0.3 is 4.74 Å². The van der Waals surface area contributed by atoms with E-state index in [0.717, 1.165) is 10.8 Å². The number of fused-ring (bicyclic) bond motifs is 1. The summed E-state index contributed by atoms with van der Waals surface area (Å²) in [5.74, 6) is -0.764. The Labute approximate surface area is 99.0 Å². The largest absolute Gasteiger partial charge is 0.466 e. The van der Waals surface area contributed by atoms with Crippen LogP contribution in [0.5, 0.6) is 0 Å². The molecule has 0 fully saturated rings. The number of esters is 1. The van der Waals surface area contributed by atoms with Crippen LogP contribution in [-0.2, 0) is 16.0 Å². The van der Waals surface area contributed by atoms with Gasteiger partial charge in [-0.3, -0.25) is 4.79 Å². The quantitative estimate of drug-likeness (QED) is 0.760. The zero-order chi connectivity index (χ0) is 12.3. The molecule has 0 amide bonds. The molecule has 2 rings (SSSR count). The maximum Gasteiger partial charge on any atom is 0.310 e. The van der Waals surface area contributed by atoms with Crippen molar-refractivity contribution in [2.45, 2.75) is 13.3 Å². The molecule has 17 heavy (non-hydrogen) atoms. The Morgan fingerprint density at radius 2 is 2.00 bits per heavy atom. The third-order valence-corrected chi connectivity index (χ3v) is 2.61. The smallest absolute Gasteiger partial charge is 0.310 e. The number of halogens is 1. The van der Waals surface area contributed by atoms with Crippen molar-refractivity contribution in [3.63, 3.8) is 0 Å². The first kappa shape index (κ1) is 11.6. The Balaban J connectivity index is 2.44. The number of rotatable bonds is 3. The minimum absolute atomic E-state index is 0.0268. The van der Waals surface area contributed by atoms with E-state index >= 15 is 0 Å². The molecule has 0 radical (unpaired) electrons. The first-order chi connectivity index (χ1) is 8.22. The van der Waals surface area contributed by atoms with Gasteiger partial charge in [0.15, 0.2) is 0 Å². The fraction of sp³-hybridized carbons (Fsp3) is 0.214. The second-order valence-corrected chi connectivity index (χ2v) is 3.73. The number of benzene rings is 2. The molecule has 0 aliphatic carbocycles. The Kier molecular flexibility index (Phi) is 3.38. The van der Waals surface area contributed by atoms with E-state index < -0.39 is 5.97 Å². The Bertz CT molecular complexity index is 549. The van der Waals surface area contributed by atoms with Gasteiger partial charge in [-0.05, 0) is 23.8 Å². The minimum atomic E-state index is -0.400. The summed E-state index contributed by atoms with van der Waals surface area (Å²) in [6.45, 7) is 2.04. The number of carbonyl (C=O) groups excluding carboxylic acids is 1. The second kappa shape index (κ2) is 4.95. The van der Waals surface area contributed by atoms with E-state index in [9.17, 15) is 9.18 Å². The van der Waals surface area contributed by atoms with Crippen LogP contribution in [0.1, 0.15) is 12.5 Å². The van der Waals surface area contributed by atoms with Gasteiger partial charge in [0.05, 0.1) is 13.0 Å². The van der Waals surface area contributed by atoms with Crippen LogP contribution in [0.15, 0.2) is 36.4 Å². The molecule has 0 heterocycles. The van der Waals surface area contributed by atoms with Crippen LogP contribution in [-0.4, -0.2) is 12.6 Å². The highest BCUT2D eigenvalue weighted by Gasteiger charge is 2.12. The van der Waals surface area contributed by atoms with E-state index in [1.165, 1.54) is 6.07 Å². The monoisotopic (exact) mass is 232 g/mol. The normalized spacial score (nSPS) is 10.5. The molecular formula is C14H13FO2. The van der Waals surface area contributed by atoms with Crippen LogP contribution < -0.4 is 0 Å². The van der Waals surface area contributed by atoms with Crippen LogP contribution >= 0.6 is 0 Å². The topological polar surface area (TPSA) is 26.3 Å². The summed E-state index contributed by atoms with van der Waals surface area (Å²) in [7, 11) is 0. The SMILES string of the molecule is CCOC(=O)Cc1c(F)ccc2ccccc12. The first-order valence-electron chi connectivity index (χ1n) is 5.54. The van der Waals surface area contributed by atoms with Gasteiger partial charge in [-0.2, -0.15) is 0 Å². The fourth-order valence-corrected chi connectivity index (χ4v) is 1.85. The van der Waals surface area contributed by atoms with Crippen molar-refractivity contribution in [3.8, 4) is 0 Å². The summed E-state index contributed by atoms with van der Waals surface area (Å²) in [5.41, 5.74) is 0.404. The summed E-state index contributed by atoms with van der Waals surface area (Å²) in [6, 6.07) is 10.5. The van der Waals surface area contributed by atoms with Crippen molar-refractivity contribution in [2.24, 2.45) is 0 Å². The van der Waals surface area contributed by atoms with Gasteiger partial charge >= 0.3 is 5.97 Å². The zero-order valence-corrected chi connectivity index (χ0v) is 9.57. The van der Waals surface area contributed by atoms with Gasteiger partial charge in [0.25, 0.3) is 0 Å². The van der Waals surface area contributed by atoms with Crippen molar-refractivity contribution < 1.29 is 13.9 Å². The van der Waals surface area contributed by atoms with Crippen LogP contribution in [0.3, 0.4) is 0 Å². The van der Waals surface area contributed by atoms with Crippen LogP contribution in [0.25, 0.3) is 10.8 Å². The lowest BCUT2D eigenvalue weighted by molar-refractivity contribution is -0.142. The minimum Gasteiger partial charge on any atom is -0.466 e. The van der Waals surface area contributed by atoms with E-state index in [-0.39, 0.29) is 12.2 Å². The molecule has 0 spiro atoms. The molecule has 0 bridgehead atoms. The van der Waals surface area contributed by atoms with Gasteiger partial charge in [0.2, 0.25) is 0 Å². The standard InChI is InChI=1S/C14H13FO2/c1-2-17-14(16)9-12-11-6-4-3-5-10(11)7-8-13(12)15/h3-8H,2,9H2,1H3. The molecule has 0 aliphatic heterocycles. The summed E-state index contributed by atoms with van der Waals surface area (Å²) in [5, 5.41) is 1.69. The van der Waals surface area contributed by atoms with Crippen LogP contribution in [0.4, 0.5) is 4.39 Å². The van der Waals surface area contributed by atoms with Gasteiger partial charge in [-0.1, -0.05) is 30.3 Å². The lowest BCUT2D eigenvalue weighted by atomic mass is 10.0.